The van der Waals surface area contributed by atoms with Gasteiger partial charge in [-0.2, -0.15) is 0 Å². The average Bonchev–Trinajstić information content (AvgIpc) is 3.07. The standard InChI is InChI=1S/C12H14F3N/c13-10-3-4-11(14)8(5-10)6-12(15,7-16)9-1-2-9/h3-5,9H,1-2,6-7,16H2. The van der Waals surface area contributed by atoms with E-state index in [9.17, 15) is 13.2 Å². The summed E-state index contributed by atoms with van der Waals surface area (Å²) in [6.07, 6.45) is 1.42. The molecule has 1 aliphatic rings. The molecule has 0 heterocycles. The van der Waals surface area contributed by atoms with E-state index < -0.39 is 17.3 Å². The summed E-state index contributed by atoms with van der Waals surface area (Å²) in [6.45, 7) is -0.145. The zero-order valence-electron chi connectivity index (χ0n) is 8.85. The monoisotopic (exact) mass is 229 g/mol. The minimum atomic E-state index is -1.59. The van der Waals surface area contributed by atoms with Gasteiger partial charge in [-0.15, -0.1) is 0 Å². The van der Waals surface area contributed by atoms with Crippen LogP contribution in [-0.2, 0) is 6.42 Å². The van der Waals surface area contributed by atoms with E-state index >= 15 is 0 Å². The van der Waals surface area contributed by atoms with Crippen LogP contribution in [0, 0.1) is 17.6 Å². The molecule has 1 nitrogen and oxygen atoms in total. The summed E-state index contributed by atoms with van der Waals surface area (Å²) in [4.78, 5) is 0. The second-order valence-corrected chi connectivity index (χ2v) is 4.43. The molecule has 1 aliphatic carbocycles. The van der Waals surface area contributed by atoms with Crippen molar-refractivity contribution >= 4 is 0 Å². The molecule has 0 radical (unpaired) electrons. The number of benzene rings is 1. The number of rotatable bonds is 4. The van der Waals surface area contributed by atoms with Crippen LogP contribution < -0.4 is 5.73 Å². The van der Waals surface area contributed by atoms with Crippen LogP contribution in [0.2, 0.25) is 0 Å². The van der Waals surface area contributed by atoms with E-state index in [0.29, 0.717) is 0 Å². The van der Waals surface area contributed by atoms with Crippen LogP contribution in [0.3, 0.4) is 0 Å². The Bertz CT molecular complexity index is 390. The molecule has 0 bridgehead atoms. The Morgan fingerprint density at radius 1 is 1.31 bits per heavy atom. The maximum Gasteiger partial charge on any atom is 0.130 e. The van der Waals surface area contributed by atoms with Crippen molar-refractivity contribution in [2.45, 2.75) is 24.9 Å². The van der Waals surface area contributed by atoms with Gasteiger partial charge < -0.3 is 5.73 Å². The predicted molar refractivity (Wildman–Crippen MR) is 55.7 cm³/mol. The lowest BCUT2D eigenvalue weighted by molar-refractivity contribution is 0.141. The molecule has 16 heavy (non-hydrogen) atoms. The number of hydrogen-bond acceptors (Lipinski definition) is 1. The van der Waals surface area contributed by atoms with Gasteiger partial charge in [0.2, 0.25) is 0 Å². The topological polar surface area (TPSA) is 26.0 Å². The van der Waals surface area contributed by atoms with Gasteiger partial charge in [0.1, 0.15) is 17.3 Å². The van der Waals surface area contributed by atoms with Gasteiger partial charge in [-0.1, -0.05) is 0 Å². The van der Waals surface area contributed by atoms with E-state index in [2.05, 4.69) is 0 Å². The summed E-state index contributed by atoms with van der Waals surface area (Å²) in [6, 6.07) is 3.09. The average molecular weight is 229 g/mol. The molecule has 2 N–H and O–H groups in total. The van der Waals surface area contributed by atoms with E-state index in [4.69, 9.17) is 5.73 Å². The lowest BCUT2D eigenvalue weighted by Gasteiger charge is -2.23. The van der Waals surface area contributed by atoms with Crippen LogP contribution in [0.15, 0.2) is 18.2 Å². The number of alkyl halides is 1. The molecular formula is C12H14F3N. The SMILES string of the molecule is NCC(F)(Cc1cc(F)ccc1F)C1CC1. The highest BCUT2D eigenvalue weighted by molar-refractivity contribution is 5.22. The van der Waals surface area contributed by atoms with E-state index in [-0.39, 0.29) is 24.4 Å². The lowest BCUT2D eigenvalue weighted by Crippen LogP contribution is -2.38. The zero-order valence-corrected chi connectivity index (χ0v) is 8.85. The number of nitrogens with two attached hydrogens (primary N) is 1. The van der Waals surface area contributed by atoms with Gasteiger partial charge in [-0.25, -0.2) is 13.2 Å². The summed E-state index contributed by atoms with van der Waals surface area (Å²) in [5.74, 6) is -1.22. The molecule has 0 aromatic heterocycles. The highest BCUT2D eigenvalue weighted by Crippen LogP contribution is 2.43. The van der Waals surface area contributed by atoms with Crippen LogP contribution >= 0.6 is 0 Å². The van der Waals surface area contributed by atoms with Gasteiger partial charge in [0.05, 0.1) is 0 Å². The molecule has 1 saturated carbocycles. The summed E-state index contributed by atoms with van der Waals surface area (Å²) < 4.78 is 40.6. The minimum absolute atomic E-state index is 0.0693. The van der Waals surface area contributed by atoms with Crippen LogP contribution in [-0.4, -0.2) is 12.2 Å². The van der Waals surface area contributed by atoms with Crippen LogP contribution in [0.4, 0.5) is 13.2 Å². The highest BCUT2D eigenvalue weighted by Gasteiger charge is 2.45. The molecule has 1 aromatic rings. The third-order valence-electron chi connectivity index (χ3n) is 3.14. The third-order valence-corrected chi connectivity index (χ3v) is 3.14. The Morgan fingerprint density at radius 2 is 2.00 bits per heavy atom. The third kappa shape index (κ3) is 2.21. The predicted octanol–water partition coefficient (Wildman–Crippen LogP) is 2.58. The molecule has 1 aromatic carbocycles. The van der Waals surface area contributed by atoms with Crippen LogP contribution in [0.5, 0.6) is 0 Å². The van der Waals surface area contributed by atoms with E-state index in [1.54, 1.807) is 0 Å². The van der Waals surface area contributed by atoms with Crippen molar-refractivity contribution < 1.29 is 13.2 Å². The molecule has 4 heteroatoms. The maximum absolute atomic E-state index is 14.3. The fourth-order valence-electron chi connectivity index (χ4n) is 1.98. The molecule has 1 unspecified atom stereocenters. The normalized spacial score (nSPS) is 19.5. The summed E-state index contributed by atoms with van der Waals surface area (Å²) in [5, 5.41) is 0. The first-order chi connectivity index (χ1) is 7.55. The Balaban J connectivity index is 2.21. The van der Waals surface area contributed by atoms with Gasteiger partial charge in [-0.05, 0) is 42.5 Å². The second kappa shape index (κ2) is 4.09. The van der Waals surface area contributed by atoms with Crippen LogP contribution in [0.1, 0.15) is 18.4 Å². The summed E-state index contributed by atoms with van der Waals surface area (Å²) in [5.41, 5.74) is 3.87. The molecule has 1 fully saturated rings. The minimum Gasteiger partial charge on any atom is -0.328 e. The van der Waals surface area contributed by atoms with Crippen molar-refractivity contribution in [2.75, 3.05) is 6.54 Å². The second-order valence-electron chi connectivity index (χ2n) is 4.43. The van der Waals surface area contributed by atoms with Crippen molar-refractivity contribution in [3.05, 3.63) is 35.4 Å². The maximum atomic E-state index is 14.3. The first kappa shape index (κ1) is 11.5. The lowest BCUT2D eigenvalue weighted by atomic mass is 9.91. The van der Waals surface area contributed by atoms with Crippen LogP contribution in [0.25, 0.3) is 0 Å². The fourth-order valence-corrected chi connectivity index (χ4v) is 1.98. The van der Waals surface area contributed by atoms with Gasteiger partial charge in [0, 0.05) is 13.0 Å². The van der Waals surface area contributed by atoms with E-state index in [0.717, 1.165) is 31.0 Å². The molecule has 1 atom stereocenters. The fraction of sp³-hybridized carbons (Fsp3) is 0.500. The Labute approximate surface area is 92.5 Å². The molecule has 88 valence electrons. The molecule has 2 rings (SSSR count). The molecule has 0 spiro atoms. The Morgan fingerprint density at radius 3 is 2.56 bits per heavy atom. The van der Waals surface area contributed by atoms with E-state index in [1.807, 2.05) is 0 Å². The van der Waals surface area contributed by atoms with Crippen molar-refractivity contribution in [1.82, 2.24) is 0 Å². The van der Waals surface area contributed by atoms with Crippen molar-refractivity contribution in [3.63, 3.8) is 0 Å². The first-order valence-electron chi connectivity index (χ1n) is 5.38. The number of hydrogen-bond donors (Lipinski definition) is 1. The largest absolute Gasteiger partial charge is 0.328 e. The zero-order chi connectivity index (χ0) is 11.8. The van der Waals surface area contributed by atoms with Gasteiger partial charge >= 0.3 is 0 Å². The van der Waals surface area contributed by atoms with Crippen molar-refractivity contribution in [3.8, 4) is 0 Å². The molecular weight excluding hydrogens is 215 g/mol. The van der Waals surface area contributed by atoms with Crippen molar-refractivity contribution in [2.24, 2.45) is 11.7 Å². The summed E-state index contributed by atoms with van der Waals surface area (Å²) in [7, 11) is 0. The Kier molecular flexibility index (Phi) is 2.93. The van der Waals surface area contributed by atoms with Gasteiger partial charge in [-0.3, -0.25) is 0 Å². The first-order valence-corrected chi connectivity index (χ1v) is 5.38. The Hall–Kier alpha value is -1.03. The molecule has 0 saturated heterocycles. The molecule has 0 aliphatic heterocycles. The number of halogens is 3. The summed E-state index contributed by atoms with van der Waals surface area (Å²) >= 11 is 0. The smallest absolute Gasteiger partial charge is 0.130 e. The van der Waals surface area contributed by atoms with Crippen molar-refractivity contribution in [1.29, 1.82) is 0 Å². The molecule has 0 amide bonds. The van der Waals surface area contributed by atoms with Gasteiger partial charge in [0.15, 0.2) is 0 Å². The van der Waals surface area contributed by atoms with Gasteiger partial charge in [0.25, 0.3) is 0 Å². The highest BCUT2D eigenvalue weighted by atomic mass is 19.1. The quantitative estimate of drug-likeness (QED) is 0.843. The van der Waals surface area contributed by atoms with E-state index in [1.165, 1.54) is 0 Å².